The van der Waals surface area contributed by atoms with Gasteiger partial charge in [-0.1, -0.05) is 70.1 Å². The number of carbonyl (C=O) groups is 3. The topological polar surface area (TPSA) is 76.2 Å². The Morgan fingerprint density at radius 3 is 1.79 bits per heavy atom. The highest BCUT2D eigenvalue weighted by Crippen LogP contribution is 2.50. The maximum atomic E-state index is 13.7. The third-order valence-corrected chi connectivity index (χ3v) is 8.87. The standard InChI is InChI=1S/C26H17Cl5N2O5/c1-10-4-6-12(9-13(10)27)32-22(11-5-7-14(37-2)15(8-11)38-3)23(26(32)36)33-24(34)16-17(25(33)35)19(29)21(31)20(30)18(16)28/h4-9,22-23H,1-3H3. The number of hydrogen-bond donors (Lipinski definition) is 0. The quantitative estimate of drug-likeness (QED) is 0.134. The molecule has 0 N–H and O–H groups in total. The average molecular weight is 615 g/mol. The number of ether oxygens (including phenoxy) is 2. The lowest BCUT2D eigenvalue weighted by Crippen LogP contribution is -2.67. The van der Waals surface area contributed by atoms with Gasteiger partial charge in [0.2, 0.25) is 0 Å². The summed E-state index contributed by atoms with van der Waals surface area (Å²) in [6.45, 7) is 1.83. The van der Waals surface area contributed by atoms with Gasteiger partial charge in [-0.15, -0.1) is 0 Å². The number of rotatable bonds is 5. The molecule has 2 unspecified atom stereocenters. The summed E-state index contributed by atoms with van der Waals surface area (Å²) in [7, 11) is 2.97. The minimum atomic E-state index is -1.23. The molecule has 0 spiro atoms. The lowest BCUT2D eigenvalue weighted by atomic mass is 9.86. The third kappa shape index (κ3) is 3.83. The molecule has 0 aromatic heterocycles. The van der Waals surface area contributed by atoms with Crippen molar-refractivity contribution >= 4 is 81.4 Å². The van der Waals surface area contributed by atoms with Crippen LogP contribution in [0.4, 0.5) is 5.69 Å². The van der Waals surface area contributed by atoms with E-state index < -0.39 is 29.8 Å². The monoisotopic (exact) mass is 612 g/mol. The van der Waals surface area contributed by atoms with E-state index in [4.69, 9.17) is 67.5 Å². The molecule has 0 saturated carbocycles. The predicted molar refractivity (Wildman–Crippen MR) is 147 cm³/mol. The van der Waals surface area contributed by atoms with E-state index in [1.54, 1.807) is 36.4 Å². The fourth-order valence-electron chi connectivity index (χ4n) is 4.73. The SMILES string of the molecule is COc1ccc(C2C(N3C(=O)c4c(Cl)c(Cl)c(Cl)c(Cl)c4C3=O)C(=O)N2c2ccc(C)c(Cl)c2)cc1OC. The Morgan fingerprint density at radius 1 is 0.684 bits per heavy atom. The molecule has 0 bridgehead atoms. The van der Waals surface area contributed by atoms with Gasteiger partial charge in [0, 0.05) is 10.7 Å². The molecule has 1 saturated heterocycles. The fraction of sp³-hybridized carbons (Fsp3) is 0.192. The number of β-lactam (4-membered cyclic amide) rings is 1. The first-order valence-corrected chi connectivity index (χ1v) is 13.0. The summed E-state index contributed by atoms with van der Waals surface area (Å²) in [5.41, 5.74) is 1.48. The second-order valence-corrected chi connectivity index (χ2v) is 10.6. The van der Waals surface area contributed by atoms with Gasteiger partial charge in [0.05, 0.1) is 51.5 Å². The van der Waals surface area contributed by atoms with Crippen LogP contribution in [0.1, 0.15) is 37.9 Å². The molecule has 2 heterocycles. The van der Waals surface area contributed by atoms with E-state index in [0.717, 1.165) is 10.5 Å². The summed E-state index contributed by atoms with van der Waals surface area (Å²) >= 11 is 31.3. The van der Waals surface area contributed by atoms with Crippen LogP contribution < -0.4 is 14.4 Å². The van der Waals surface area contributed by atoms with Gasteiger partial charge in [0.25, 0.3) is 17.7 Å². The van der Waals surface area contributed by atoms with Gasteiger partial charge in [0.1, 0.15) is 6.04 Å². The van der Waals surface area contributed by atoms with Crippen molar-refractivity contribution in [1.29, 1.82) is 0 Å². The van der Waals surface area contributed by atoms with Gasteiger partial charge in [-0.25, -0.2) is 0 Å². The van der Waals surface area contributed by atoms with Crippen LogP contribution >= 0.6 is 58.0 Å². The van der Waals surface area contributed by atoms with E-state index in [1.165, 1.54) is 19.1 Å². The van der Waals surface area contributed by atoms with Crippen molar-refractivity contribution in [2.45, 2.75) is 19.0 Å². The number of imide groups is 1. The molecule has 12 heteroatoms. The highest BCUT2D eigenvalue weighted by molar-refractivity contribution is 6.55. The Labute approximate surface area is 242 Å². The van der Waals surface area contributed by atoms with Crippen LogP contribution in [0.25, 0.3) is 0 Å². The van der Waals surface area contributed by atoms with Crippen LogP contribution in [0.3, 0.4) is 0 Å². The van der Waals surface area contributed by atoms with Crippen LogP contribution in [0.15, 0.2) is 36.4 Å². The number of amides is 3. The van der Waals surface area contributed by atoms with Crippen molar-refractivity contribution in [3.8, 4) is 11.5 Å². The number of hydrogen-bond acceptors (Lipinski definition) is 5. The molecule has 3 aromatic rings. The van der Waals surface area contributed by atoms with Crippen LogP contribution in [-0.2, 0) is 4.79 Å². The number of fused-ring (bicyclic) bond motifs is 1. The van der Waals surface area contributed by atoms with E-state index in [1.807, 2.05) is 6.92 Å². The Bertz CT molecular complexity index is 1510. The fourth-order valence-corrected chi connectivity index (χ4v) is 5.92. The van der Waals surface area contributed by atoms with Crippen molar-refractivity contribution in [2.75, 3.05) is 19.1 Å². The van der Waals surface area contributed by atoms with Gasteiger partial charge < -0.3 is 14.4 Å². The lowest BCUT2D eigenvalue weighted by Gasteiger charge is -2.49. The van der Waals surface area contributed by atoms with E-state index in [9.17, 15) is 14.4 Å². The van der Waals surface area contributed by atoms with E-state index >= 15 is 0 Å². The molecular formula is C26H17Cl5N2O5. The summed E-state index contributed by atoms with van der Waals surface area (Å²) < 4.78 is 10.8. The molecule has 2 atom stereocenters. The Hall–Kier alpha value is -2.68. The van der Waals surface area contributed by atoms with Crippen LogP contribution in [-0.4, -0.2) is 42.9 Å². The zero-order valence-corrected chi connectivity index (χ0v) is 23.7. The molecule has 3 aromatic carbocycles. The van der Waals surface area contributed by atoms with Crippen LogP contribution in [0.5, 0.6) is 11.5 Å². The van der Waals surface area contributed by atoms with Crippen molar-refractivity contribution < 1.29 is 23.9 Å². The van der Waals surface area contributed by atoms with Crippen molar-refractivity contribution in [2.24, 2.45) is 0 Å². The molecule has 7 nitrogen and oxygen atoms in total. The molecular weight excluding hydrogens is 598 g/mol. The summed E-state index contributed by atoms with van der Waals surface area (Å²) in [6.07, 6.45) is 0. The van der Waals surface area contributed by atoms with Gasteiger partial charge in [0.15, 0.2) is 11.5 Å². The molecule has 1 fully saturated rings. The number of methoxy groups -OCH3 is 2. The first kappa shape index (κ1) is 26.9. The van der Waals surface area contributed by atoms with E-state index in [0.29, 0.717) is 27.8 Å². The summed E-state index contributed by atoms with van der Waals surface area (Å²) in [6, 6.07) is 8.20. The van der Waals surface area contributed by atoms with E-state index in [-0.39, 0.29) is 31.2 Å². The largest absolute Gasteiger partial charge is 0.493 e. The third-order valence-electron chi connectivity index (χ3n) is 6.66. The second kappa shape index (κ2) is 9.81. The minimum Gasteiger partial charge on any atom is -0.493 e. The Kier molecular flexibility index (Phi) is 6.95. The first-order valence-electron chi connectivity index (χ1n) is 11.1. The zero-order valence-electron chi connectivity index (χ0n) is 19.9. The molecule has 0 aliphatic carbocycles. The van der Waals surface area contributed by atoms with E-state index in [2.05, 4.69) is 0 Å². The molecule has 3 amide bonds. The Balaban J connectivity index is 1.66. The van der Waals surface area contributed by atoms with Gasteiger partial charge in [-0.2, -0.15) is 0 Å². The predicted octanol–water partition coefficient (Wildman–Crippen LogP) is 7.03. The minimum absolute atomic E-state index is 0.160. The maximum Gasteiger partial charge on any atom is 0.264 e. The smallest absolute Gasteiger partial charge is 0.264 e. The normalized spacial score (nSPS) is 18.6. The van der Waals surface area contributed by atoms with Gasteiger partial charge >= 0.3 is 0 Å². The maximum absolute atomic E-state index is 13.7. The highest BCUT2D eigenvalue weighted by Gasteiger charge is 2.58. The number of carbonyl (C=O) groups excluding carboxylic acids is 3. The highest BCUT2D eigenvalue weighted by atomic mass is 35.5. The van der Waals surface area contributed by atoms with Crippen molar-refractivity contribution in [3.05, 3.63) is 83.8 Å². The summed E-state index contributed by atoms with van der Waals surface area (Å²) in [5, 5.41) is -0.296. The van der Waals surface area contributed by atoms with Crippen molar-refractivity contribution in [1.82, 2.24) is 4.90 Å². The number of benzene rings is 3. The number of halogens is 5. The number of anilines is 1. The second-order valence-electron chi connectivity index (χ2n) is 8.63. The average Bonchev–Trinajstić information content (AvgIpc) is 3.16. The molecule has 196 valence electrons. The molecule has 2 aliphatic rings. The molecule has 0 radical (unpaired) electrons. The van der Waals surface area contributed by atoms with Crippen molar-refractivity contribution in [3.63, 3.8) is 0 Å². The number of aryl methyl sites for hydroxylation is 1. The van der Waals surface area contributed by atoms with Gasteiger partial charge in [-0.3, -0.25) is 19.3 Å². The number of nitrogens with zero attached hydrogens (tertiary/aromatic N) is 2. The first-order chi connectivity index (χ1) is 18.0. The molecule has 2 aliphatic heterocycles. The molecule has 5 rings (SSSR count). The lowest BCUT2D eigenvalue weighted by molar-refractivity contribution is -0.130. The van der Waals surface area contributed by atoms with Crippen LogP contribution in [0.2, 0.25) is 25.1 Å². The summed E-state index contributed by atoms with van der Waals surface area (Å²) in [5.74, 6) is -1.26. The Morgan fingerprint density at radius 2 is 1.26 bits per heavy atom. The zero-order chi connectivity index (χ0) is 27.6. The summed E-state index contributed by atoms with van der Waals surface area (Å²) in [4.78, 5) is 43.2. The van der Waals surface area contributed by atoms with Gasteiger partial charge in [-0.05, 0) is 42.3 Å². The molecule has 38 heavy (non-hydrogen) atoms. The van der Waals surface area contributed by atoms with Crippen LogP contribution in [0, 0.1) is 6.92 Å².